The van der Waals surface area contributed by atoms with E-state index in [0.29, 0.717) is 16.8 Å². The molecule has 0 N–H and O–H groups in total. The van der Waals surface area contributed by atoms with Gasteiger partial charge in [0.25, 0.3) is 0 Å². The third kappa shape index (κ3) is 6.55. The van der Waals surface area contributed by atoms with E-state index >= 15 is 0 Å². The number of allylic oxidation sites excluding steroid dienone is 3. The summed E-state index contributed by atoms with van der Waals surface area (Å²) in [5.74, 6) is 0.588. The molecule has 0 fully saturated rings. The number of ether oxygens (including phenoxy) is 1. The maximum atomic E-state index is 12.2. The van der Waals surface area contributed by atoms with Crippen molar-refractivity contribution in [1.82, 2.24) is 4.90 Å². The van der Waals surface area contributed by atoms with Crippen LogP contribution in [0.3, 0.4) is 0 Å². The first-order valence-electron chi connectivity index (χ1n) is 4.70. The van der Waals surface area contributed by atoms with Crippen molar-refractivity contribution in [3.05, 3.63) is 22.5 Å². The molecule has 3 nitrogen and oxygen atoms in total. The van der Waals surface area contributed by atoms with E-state index in [1.807, 2.05) is 6.92 Å². The van der Waals surface area contributed by atoms with Crippen LogP contribution in [0.2, 0.25) is 0 Å². The summed E-state index contributed by atoms with van der Waals surface area (Å²) in [5, 5.41) is 0. The van der Waals surface area contributed by atoms with Crippen LogP contribution in [-0.2, 0) is 9.53 Å². The Kier molecular flexibility index (Phi) is 7.80. The number of alkyl halides is 2. The lowest BCUT2D eigenvalue weighted by molar-refractivity contribution is -0.125. The lowest BCUT2D eigenvalue weighted by atomic mass is 10.4. The maximum absolute atomic E-state index is 12.2. The summed E-state index contributed by atoms with van der Waals surface area (Å²) in [6.07, 6.45) is 3.44. The van der Waals surface area contributed by atoms with E-state index in [9.17, 15) is 13.6 Å². The second-order valence-corrected chi connectivity index (χ2v) is 3.86. The molecular weight excluding hydrogens is 284 g/mol. The molecule has 6 heteroatoms. The summed E-state index contributed by atoms with van der Waals surface area (Å²) >= 11 is 3.05. The van der Waals surface area contributed by atoms with Crippen molar-refractivity contribution in [1.29, 1.82) is 0 Å². The standard InChI is InChI=1S/C10H14BrF2NO2/c1-3-4-16-8(2)5-9(11)6-14(7-15)10(12)13/h5-7,10H,3-4H2,1-2H3/b8-5+,9-6+. The van der Waals surface area contributed by atoms with Gasteiger partial charge in [-0.05, 0) is 35.4 Å². The second-order valence-electron chi connectivity index (χ2n) is 2.95. The van der Waals surface area contributed by atoms with Crippen molar-refractivity contribution < 1.29 is 18.3 Å². The molecule has 92 valence electrons. The third-order valence-electron chi connectivity index (χ3n) is 1.49. The second kappa shape index (κ2) is 8.27. The zero-order valence-electron chi connectivity index (χ0n) is 9.12. The molecule has 0 aromatic heterocycles. The first kappa shape index (κ1) is 15.1. The van der Waals surface area contributed by atoms with Gasteiger partial charge in [0.15, 0.2) is 0 Å². The summed E-state index contributed by atoms with van der Waals surface area (Å²) in [5.41, 5.74) is 0. The summed E-state index contributed by atoms with van der Waals surface area (Å²) in [4.78, 5) is 10.5. The number of rotatable bonds is 7. The molecule has 0 heterocycles. The van der Waals surface area contributed by atoms with Crippen LogP contribution in [0.1, 0.15) is 20.3 Å². The summed E-state index contributed by atoms with van der Waals surface area (Å²) in [6, 6.07) is 0. The molecule has 0 rings (SSSR count). The van der Waals surface area contributed by atoms with Crippen molar-refractivity contribution >= 4 is 22.3 Å². The Morgan fingerprint density at radius 2 is 2.19 bits per heavy atom. The van der Waals surface area contributed by atoms with Gasteiger partial charge in [0.1, 0.15) is 0 Å². The Bertz CT molecular complexity index is 280. The lowest BCUT2D eigenvalue weighted by Crippen LogP contribution is -2.21. The number of halogens is 3. The summed E-state index contributed by atoms with van der Waals surface area (Å²) in [7, 11) is 0. The minimum Gasteiger partial charge on any atom is -0.498 e. The number of carbonyl (C=O) groups is 1. The van der Waals surface area contributed by atoms with E-state index in [4.69, 9.17) is 4.74 Å². The van der Waals surface area contributed by atoms with Gasteiger partial charge in [-0.25, -0.2) is 0 Å². The molecule has 0 bridgehead atoms. The van der Waals surface area contributed by atoms with Crippen LogP contribution < -0.4 is 0 Å². The summed E-state index contributed by atoms with van der Waals surface area (Å²) < 4.78 is 29.9. The smallest absolute Gasteiger partial charge is 0.320 e. The number of carbonyl (C=O) groups excluding carboxylic acids is 1. The molecule has 0 aliphatic rings. The van der Waals surface area contributed by atoms with Gasteiger partial charge in [0.2, 0.25) is 6.41 Å². The van der Waals surface area contributed by atoms with Crippen LogP contribution in [0.5, 0.6) is 0 Å². The quantitative estimate of drug-likeness (QED) is 0.312. The third-order valence-corrected chi connectivity index (χ3v) is 1.93. The molecule has 0 unspecified atom stereocenters. The van der Waals surface area contributed by atoms with E-state index in [1.54, 1.807) is 6.92 Å². The highest BCUT2D eigenvalue weighted by atomic mass is 79.9. The van der Waals surface area contributed by atoms with Crippen LogP contribution in [-0.4, -0.2) is 24.5 Å². The van der Waals surface area contributed by atoms with E-state index in [-0.39, 0.29) is 11.3 Å². The maximum Gasteiger partial charge on any atom is 0.320 e. The zero-order valence-corrected chi connectivity index (χ0v) is 10.7. The van der Waals surface area contributed by atoms with Gasteiger partial charge in [-0.3, -0.25) is 9.69 Å². The fourth-order valence-electron chi connectivity index (χ4n) is 0.811. The Hall–Kier alpha value is -0.910. The fraction of sp³-hybridized carbons (Fsp3) is 0.500. The molecule has 0 aromatic rings. The van der Waals surface area contributed by atoms with E-state index in [0.717, 1.165) is 12.6 Å². The first-order valence-corrected chi connectivity index (χ1v) is 5.49. The number of nitrogens with zero attached hydrogens (tertiary/aromatic N) is 1. The molecular formula is C10H14BrF2NO2. The van der Waals surface area contributed by atoms with Crippen LogP contribution in [0.25, 0.3) is 0 Å². The first-order chi connectivity index (χ1) is 7.51. The van der Waals surface area contributed by atoms with E-state index < -0.39 is 6.55 Å². The van der Waals surface area contributed by atoms with Gasteiger partial charge in [0.05, 0.1) is 12.4 Å². The lowest BCUT2D eigenvalue weighted by Gasteiger charge is -2.10. The Morgan fingerprint density at radius 3 is 2.62 bits per heavy atom. The van der Waals surface area contributed by atoms with Gasteiger partial charge >= 0.3 is 6.55 Å². The molecule has 0 saturated carbocycles. The largest absolute Gasteiger partial charge is 0.498 e. The van der Waals surface area contributed by atoms with Crippen LogP contribution >= 0.6 is 15.9 Å². The van der Waals surface area contributed by atoms with Crippen molar-refractivity contribution in [2.75, 3.05) is 6.61 Å². The highest BCUT2D eigenvalue weighted by molar-refractivity contribution is 9.11. The number of amides is 1. The SMILES string of the molecule is CCCO/C(C)=C/C(Br)=C\N(C=O)C(F)F. The van der Waals surface area contributed by atoms with Crippen LogP contribution in [0.15, 0.2) is 22.5 Å². The monoisotopic (exact) mass is 297 g/mol. The molecule has 0 spiro atoms. The molecule has 0 aromatic carbocycles. The van der Waals surface area contributed by atoms with Gasteiger partial charge in [-0.1, -0.05) is 6.92 Å². The van der Waals surface area contributed by atoms with Gasteiger partial charge in [-0.2, -0.15) is 8.78 Å². The molecule has 0 aliphatic carbocycles. The molecule has 0 saturated heterocycles. The van der Waals surface area contributed by atoms with Crippen LogP contribution in [0, 0.1) is 0 Å². The fourth-order valence-corrected chi connectivity index (χ4v) is 1.37. The van der Waals surface area contributed by atoms with Gasteiger partial charge in [-0.15, -0.1) is 0 Å². The average Bonchev–Trinajstić information content (AvgIpc) is 2.22. The highest BCUT2D eigenvalue weighted by Crippen LogP contribution is 2.13. The minimum atomic E-state index is -2.85. The topological polar surface area (TPSA) is 29.5 Å². The zero-order chi connectivity index (χ0) is 12.6. The highest BCUT2D eigenvalue weighted by Gasteiger charge is 2.10. The minimum absolute atomic E-state index is 0.0575. The molecule has 16 heavy (non-hydrogen) atoms. The van der Waals surface area contributed by atoms with Gasteiger partial charge in [0, 0.05) is 10.7 Å². The average molecular weight is 298 g/mol. The Morgan fingerprint density at radius 1 is 1.56 bits per heavy atom. The predicted octanol–water partition coefficient (Wildman–Crippen LogP) is 3.23. The predicted molar refractivity (Wildman–Crippen MR) is 60.9 cm³/mol. The van der Waals surface area contributed by atoms with Crippen molar-refractivity contribution in [2.45, 2.75) is 26.8 Å². The van der Waals surface area contributed by atoms with E-state index in [1.165, 1.54) is 6.08 Å². The van der Waals surface area contributed by atoms with E-state index in [2.05, 4.69) is 15.9 Å². The van der Waals surface area contributed by atoms with Crippen molar-refractivity contribution in [3.63, 3.8) is 0 Å². The Labute approximate surface area is 102 Å². The normalized spacial score (nSPS) is 12.9. The van der Waals surface area contributed by atoms with Crippen LogP contribution in [0.4, 0.5) is 8.78 Å². The van der Waals surface area contributed by atoms with Crippen molar-refractivity contribution in [2.24, 2.45) is 0 Å². The summed E-state index contributed by atoms with van der Waals surface area (Å²) in [6.45, 7) is 1.38. The van der Waals surface area contributed by atoms with Crippen molar-refractivity contribution in [3.8, 4) is 0 Å². The molecule has 0 radical (unpaired) electrons. The Balaban J connectivity index is 4.46. The van der Waals surface area contributed by atoms with Gasteiger partial charge < -0.3 is 4.74 Å². The molecule has 1 amide bonds. The molecule has 0 aliphatic heterocycles. The number of hydrogen-bond acceptors (Lipinski definition) is 2. The number of hydrogen-bond donors (Lipinski definition) is 0. The molecule has 0 atom stereocenters.